The highest BCUT2D eigenvalue weighted by Crippen LogP contribution is 2.44. The summed E-state index contributed by atoms with van der Waals surface area (Å²) in [6.07, 6.45) is 4.18. The van der Waals surface area contributed by atoms with Gasteiger partial charge in [0.25, 0.3) is 0 Å². The molecule has 0 heterocycles. The second kappa shape index (κ2) is 4.21. The van der Waals surface area contributed by atoms with Crippen molar-refractivity contribution in [2.45, 2.75) is 10.8 Å². The van der Waals surface area contributed by atoms with Crippen LogP contribution in [0.25, 0.3) is 5.57 Å². The Hall–Kier alpha value is -0.430. The van der Waals surface area contributed by atoms with E-state index in [1.165, 1.54) is 0 Å². The maximum absolute atomic E-state index is 6.23. The van der Waals surface area contributed by atoms with E-state index in [4.69, 9.17) is 34.8 Å². The molecule has 15 heavy (non-hydrogen) atoms. The number of benzene rings is 1. The molecule has 1 aliphatic rings. The van der Waals surface area contributed by atoms with Crippen molar-refractivity contribution in [2.24, 2.45) is 0 Å². The molecular formula is C12H9Cl3. The zero-order chi connectivity index (χ0) is 10.9. The first kappa shape index (κ1) is 11.1. The van der Waals surface area contributed by atoms with Crippen LogP contribution in [0, 0.1) is 0 Å². The Morgan fingerprint density at radius 3 is 2.40 bits per heavy atom. The summed E-state index contributed by atoms with van der Waals surface area (Å²) in [7, 11) is 0. The Morgan fingerprint density at radius 1 is 1.07 bits per heavy atom. The van der Waals surface area contributed by atoms with E-state index >= 15 is 0 Å². The van der Waals surface area contributed by atoms with Gasteiger partial charge in [-0.05, 0) is 17.2 Å². The normalized spacial score (nSPS) is 19.4. The smallest absolute Gasteiger partial charge is 0.0959 e. The number of hydrogen-bond acceptors (Lipinski definition) is 0. The van der Waals surface area contributed by atoms with Crippen LogP contribution in [0.3, 0.4) is 0 Å². The SMILES string of the molecule is ClC1=CCC(Cl)(Cl)C(c2ccccc2)=C1. The molecule has 0 atom stereocenters. The van der Waals surface area contributed by atoms with Crippen LogP contribution in [0.4, 0.5) is 0 Å². The number of halogens is 3. The standard InChI is InChI=1S/C12H9Cl3/c13-10-6-7-12(14,15)11(8-10)9-4-2-1-3-5-9/h1-6,8H,7H2. The van der Waals surface area contributed by atoms with Crippen LogP contribution in [0.2, 0.25) is 0 Å². The first-order valence-electron chi connectivity index (χ1n) is 4.61. The molecule has 0 unspecified atom stereocenters. The molecule has 0 bridgehead atoms. The van der Waals surface area contributed by atoms with Gasteiger partial charge in [0.15, 0.2) is 0 Å². The van der Waals surface area contributed by atoms with E-state index in [2.05, 4.69) is 0 Å². The van der Waals surface area contributed by atoms with Crippen molar-refractivity contribution in [3.05, 3.63) is 53.1 Å². The maximum Gasteiger partial charge on any atom is 0.147 e. The molecule has 1 aromatic rings. The minimum Gasteiger partial charge on any atom is -0.0959 e. The molecule has 0 nitrogen and oxygen atoms in total. The Labute approximate surface area is 104 Å². The van der Waals surface area contributed by atoms with Gasteiger partial charge < -0.3 is 0 Å². The minimum absolute atomic E-state index is 0.537. The molecule has 0 fully saturated rings. The zero-order valence-electron chi connectivity index (χ0n) is 7.88. The predicted molar refractivity (Wildman–Crippen MR) is 67.4 cm³/mol. The third-order valence-corrected chi connectivity index (χ3v) is 3.29. The van der Waals surface area contributed by atoms with E-state index in [1.807, 2.05) is 42.5 Å². The Balaban J connectivity index is 2.47. The van der Waals surface area contributed by atoms with E-state index in [1.54, 1.807) is 0 Å². The fourth-order valence-electron chi connectivity index (χ4n) is 1.55. The first-order valence-corrected chi connectivity index (χ1v) is 5.74. The second-order valence-electron chi connectivity index (χ2n) is 3.42. The number of rotatable bonds is 1. The van der Waals surface area contributed by atoms with E-state index < -0.39 is 4.33 Å². The van der Waals surface area contributed by atoms with Crippen molar-refractivity contribution in [3.63, 3.8) is 0 Å². The number of hydrogen-bond donors (Lipinski definition) is 0. The first-order chi connectivity index (χ1) is 7.09. The van der Waals surface area contributed by atoms with Gasteiger partial charge in [-0.3, -0.25) is 0 Å². The fraction of sp³-hybridized carbons (Fsp3) is 0.167. The van der Waals surface area contributed by atoms with Gasteiger partial charge in [0.1, 0.15) is 4.33 Å². The summed E-state index contributed by atoms with van der Waals surface area (Å²) in [5, 5.41) is 0.686. The van der Waals surface area contributed by atoms with Crippen molar-refractivity contribution in [2.75, 3.05) is 0 Å². The van der Waals surface area contributed by atoms with Gasteiger partial charge in [0.2, 0.25) is 0 Å². The predicted octanol–water partition coefficient (Wildman–Crippen LogP) is 4.77. The van der Waals surface area contributed by atoms with Crippen LogP contribution in [0.5, 0.6) is 0 Å². The topological polar surface area (TPSA) is 0 Å². The van der Waals surface area contributed by atoms with E-state index in [-0.39, 0.29) is 0 Å². The van der Waals surface area contributed by atoms with Crippen LogP contribution in [-0.4, -0.2) is 4.33 Å². The van der Waals surface area contributed by atoms with Gasteiger partial charge in [0, 0.05) is 11.5 Å². The highest BCUT2D eigenvalue weighted by molar-refractivity contribution is 6.54. The van der Waals surface area contributed by atoms with Crippen LogP contribution in [-0.2, 0) is 0 Å². The average Bonchev–Trinajstić information content (AvgIpc) is 2.23. The molecule has 2 rings (SSSR count). The van der Waals surface area contributed by atoms with Crippen molar-refractivity contribution in [1.29, 1.82) is 0 Å². The van der Waals surface area contributed by atoms with Crippen LogP contribution >= 0.6 is 34.8 Å². The van der Waals surface area contributed by atoms with Gasteiger partial charge in [0.05, 0.1) is 0 Å². The largest absolute Gasteiger partial charge is 0.147 e. The lowest BCUT2D eigenvalue weighted by Crippen LogP contribution is -2.16. The van der Waals surface area contributed by atoms with Crippen molar-refractivity contribution >= 4 is 40.4 Å². The Bertz CT molecular complexity index is 416. The van der Waals surface area contributed by atoms with Crippen molar-refractivity contribution in [1.82, 2.24) is 0 Å². The highest BCUT2D eigenvalue weighted by Gasteiger charge is 2.31. The Morgan fingerprint density at radius 2 is 1.73 bits per heavy atom. The Kier molecular flexibility index (Phi) is 3.11. The van der Waals surface area contributed by atoms with Gasteiger partial charge in [-0.15, -0.1) is 0 Å². The summed E-state index contributed by atoms with van der Waals surface area (Å²) in [4.78, 5) is 0. The lowest BCUT2D eigenvalue weighted by molar-refractivity contribution is 0.977. The van der Waals surface area contributed by atoms with Gasteiger partial charge in [-0.2, -0.15) is 0 Å². The van der Waals surface area contributed by atoms with E-state index in [0.717, 1.165) is 11.1 Å². The summed E-state index contributed by atoms with van der Waals surface area (Å²) in [6.45, 7) is 0. The van der Waals surface area contributed by atoms with Crippen LogP contribution < -0.4 is 0 Å². The highest BCUT2D eigenvalue weighted by atomic mass is 35.5. The van der Waals surface area contributed by atoms with Crippen LogP contribution in [0.15, 0.2) is 47.5 Å². The van der Waals surface area contributed by atoms with Gasteiger partial charge >= 0.3 is 0 Å². The monoisotopic (exact) mass is 258 g/mol. The molecule has 0 saturated carbocycles. The summed E-state index contributed by atoms with van der Waals surface area (Å²) < 4.78 is -0.875. The summed E-state index contributed by atoms with van der Waals surface area (Å²) in [6, 6.07) is 9.80. The van der Waals surface area contributed by atoms with Crippen LogP contribution in [0.1, 0.15) is 12.0 Å². The third kappa shape index (κ3) is 2.39. The molecule has 3 heteroatoms. The number of allylic oxidation sites excluding steroid dienone is 4. The molecule has 78 valence electrons. The molecule has 1 aliphatic carbocycles. The van der Waals surface area contributed by atoms with Gasteiger partial charge in [-0.1, -0.05) is 71.2 Å². The minimum atomic E-state index is -0.875. The molecule has 0 aliphatic heterocycles. The molecule has 0 spiro atoms. The quantitative estimate of drug-likeness (QED) is 0.637. The molecule has 0 saturated heterocycles. The van der Waals surface area contributed by atoms with Crippen molar-refractivity contribution in [3.8, 4) is 0 Å². The molecule has 0 radical (unpaired) electrons. The van der Waals surface area contributed by atoms with Crippen molar-refractivity contribution < 1.29 is 0 Å². The molecule has 0 N–H and O–H groups in total. The summed E-state index contributed by atoms with van der Waals surface area (Å²) in [5.41, 5.74) is 1.87. The summed E-state index contributed by atoms with van der Waals surface area (Å²) in [5.74, 6) is 0. The molecular weight excluding hydrogens is 250 g/mol. The number of alkyl halides is 2. The van der Waals surface area contributed by atoms with E-state index in [0.29, 0.717) is 11.5 Å². The zero-order valence-corrected chi connectivity index (χ0v) is 10.2. The molecule has 0 aromatic heterocycles. The second-order valence-corrected chi connectivity index (χ2v) is 5.34. The van der Waals surface area contributed by atoms with Gasteiger partial charge in [-0.25, -0.2) is 0 Å². The maximum atomic E-state index is 6.23. The molecule has 0 amide bonds. The summed E-state index contributed by atoms with van der Waals surface area (Å²) >= 11 is 18.4. The fourth-order valence-corrected chi connectivity index (χ4v) is 2.22. The molecule has 1 aromatic carbocycles. The average molecular weight is 260 g/mol. The lowest BCUT2D eigenvalue weighted by atomic mass is 9.96. The lowest BCUT2D eigenvalue weighted by Gasteiger charge is -2.25. The van der Waals surface area contributed by atoms with E-state index in [9.17, 15) is 0 Å². The third-order valence-electron chi connectivity index (χ3n) is 2.31.